The van der Waals surface area contributed by atoms with E-state index < -0.39 is 42.8 Å². The summed E-state index contributed by atoms with van der Waals surface area (Å²) in [5.41, 5.74) is 3.88. The molecule has 0 saturated carbocycles. The number of fused-ring (bicyclic) bond motifs is 4. The highest BCUT2D eigenvalue weighted by atomic mass is 28.3. The number of hydrogen-bond donors (Lipinski definition) is 2. The molecular weight excluding hydrogens is 805 g/mol. The zero-order chi connectivity index (χ0) is 43.5. The third-order valence-corrected chi connectivity index (χ3v) is 19.8. The zero-order valence-electron chi connectivity index (χ0n) is 35.9. The number of nitrogens with zero attached hydrogens (tertiary/aromatic N) is 6. The summed E-state index contributed by atoms with van der Waals surface area (Å²) in [7, 11) is -1.14. The third-order valence-electron chi connectivity index (χ3n) is 13.5. The molecule has 2 aromatic heterocycles. The Morgan fingerprint density at radius 2 is 1.70 bits per heavy atom. The second-order valence-corrected chi connectivity index (χ2v) is 23.5. The standard InChI is InChI=1S/C46H54F4N6O4Si/c1-26(2)61(27(3)4,28(5)6)17-12-34-36(48)11-10-29-18-33(58)20-35(37(29)34)38-40(49)42-39(43(59-7)41(38)50)44(54-14-9-16-56-32(23-54)19-31(24-57)53-56)52-45(51-42)60-25-46-13-8-15-55(46)22-30(47)21-46/h10-11,18-20,26-28,30,57-58H,8-9,13-16,21-25H2,1-7H3/t30-,46+/m1/s1. The van der Waals surface area contributed by atoms with Crippen LogP contribution >= 0.6 is 0 Å². The number of phenolic OH excluding ortho intramolecular Hbond substituents is 1. The van der Waals surface area contributed by atoms with E-state index in [4.69, 9.17) is 14.5 Å². The number of phenols is 1. The number of aryl methyl sites for hydroxylation is 1. The first-order valence-electron chi connectivity index (χ1n) is 21.3. The summed E-state index contributed by atoms with van der Waals surface area (Å²) in [5, 5.41) is 25.8. The maximum absolute atomic E-state index is 17.9. The Labute approximate surface area is 354 Å². The monoisotopic (exact) mass is 858 g/mol. The largest absolute Gasteiger partial charge is 0.508 e. The van der Waals surface area contributed by atoms with E-state index in [0.717, 1.165) is 25.1 Å². The molecule has 10 nitrogen and oxygen atoms in total. The maximum atomic E-state index is 17.9. The van der Waals surface area contributed by atoms with Gasteiger partial charge in [0.2, 0.25) is 0 Å². The van der Waals surface area contributed by atoms with Gasteiger partial charge in [-0.15, -0.1) is 5.54 Å². The molecule has 2 saturated heterocycles. The third kappa shape index (κ3) is 7.27. The van der Waals surface area contributed by atoms with Crippen molar-refractivity contribution in [2.45, 2.75) is 115 Å². The Balaban J connectivity index is 1.37. The minimum Gasteiger partial charge on any atom is -0.508 e. The Morgan fingerprint density at radius 3 is 2.41 bits per heavy atom. The molecule has 3 aromatic carbocycles. The molecule has 5 heterocycles. The Kier molecular flexibility index (Phi) is 11.5. The van der Waals surface area contributed by atoms with Crippen molar-refractivity contribution >= 4 is 35.6 Å². The fraction of sp³-hybridized carbons (Fsp3) is 0.500. The van der Waals surface area contributed by atoms with Crippen LogP contribution in [0.2, 0.25) is 16.6 Å². The van der Waals surface area contributed by atoms with Crippen molar-refractivity contribution in [1.82, 2.24) is 24.6 Å². The van der Waals surface area contributed by atoms with Gasteiger partial charge < -0.3 is 24.6 Å². The van der Waals surface area contributed by atoms with Crippen molar-refractivity contribution in [3.63, 3.8) is 0 Å². The Hall–Kier alpha value is -4.91. The topological polar surface area (TPSA) is 109 Å². The lowest BCUT2D eigenvalue weighted by atomic mass is 9.92. The molecule has 5 aromatic rings. The van der Waals surface area contributed by atoms with Gasteiger partial charge in [0.1, 0.15) is 43.8 Å². The summed E-state index contributed by atoms with van der Waals surface area (Å²) in [6.07, 6.45) is 1.46. The number of halogens is 4. The van der Waals surface area contributed by atoms with E-state index in [1.165, 1.54) is 31.4 Å². The van der Waals surface area contributed by atoms with Gasteiger partial charge in [0.25, 0.3) is 0 Å². The molecule has 3 aliphatic heterocycles. The minimum absolute atomic E-state index is 0.0249. The van der Waals surface area contributed by atoms with E-state index in [9.17, 15) is 14.6 Å². The van der Waals surface area contributed by atoms with Crippen LogP contribution in [0.5, 0.6) is 17.5 Å². The predicted octanol–water partition coefficient (Wildman–Crippen LogP) is 9.21. The van der Waals surface area contributed by atoms with Crippen LogP contribution in [0.15, 0.2) is 30.3 Å². The first-order valence-corrected chi connectivity index (χ1v) is 23.5. The number of alkyl halides is 1. The fourth-order valence-electron chi connectivity index (χ4n) is 10.7. The van der Waals surface area contributed by atoms with Crippen LogP contribution in [0.4, 0.5) is 23.4 Å². The molecular formula is C46H54F4N6O4Si. The maximum Gasteiger partial charge on any atom is 0.319 e. The fourth-order valence-corrected chi connectivity index (χ4v) is 15.9. The van der Waals surface area contributed by atoms with Crippen LogP contribution in [0.1, 0.15) is 84.2 Å². The molecule has 2 fully saturated rings. The number of aromatic nitrogens is 4. The van der Waals surface area contributed by atoms with Crippen molar-refractivity contribution < 1.29 is 37.2 Å². The summed E-state index contributed by atoms with van der Waals surface area (Å²) in [6, 6.07) is 6.94. The molecule has 8 rings (SSSR count). The minimum atomic E-state index is -2.41. The van der Waals surface area contributed by atoms with Gasteiger partial charge in [0.15, 0.2) is 17.4 Å². The van der Waals surface area contributed by atoms with Crippen molar-refractivity contribution in [2.75, 3.05) is 38.3 Å². The quantitative estimate of drug-likeness (QED) is 0.0808. The molecule has 0 amide bonds. The van der Waals surface area contributed by atoms with E-state index in [1.54, 1.807) is 10.7 Å². The molecule has 0 spiro atoms. The zero-order valence-corrected chi connectivity index (χ0v) is 36.9. The second-order valence-electron chi connectivity index (χ2n) is 17.9. The molecule has 61 heavy (non-hydrogen) atoms. The average molecular weight is 859 g/mol. The van der Waals surface area contributed by atoms with Crippen molar-refractivity contribution in [2.24, 2.45) is 0 Å². The number of benzene rings is 3. The summed E-state index contributed by atoms with van der Waals surface area (Å²) in [4.78, 5) is 13.4. The van der Waals surface area contributed by atoms with Gasteiger partial charge in [-0.3, -0.25) is 9.58 Å². The van der Waals surface area contributed by atoms with Gasteiger partial charge in [0.05, 0.1) is 53.7 Å². The highest BCUT2D eigenvalue weighted by molar-refractivity contribution is 6.90. The van der Waals surface area contributed by atoms with Gasteiger partial charge in [-0.25, -0.2) is 17.6 Å². The van der Waals surface area contributed by atoms with Crippen LogP contribution in [-0.2, 0) is 19.7 Å². The molecule has 0 unspecified atom stereocenters. The number of ether oxygens (including phenoxy) is 2. The first kappa shape index (κ1) is 42.8. The van der Waals surface area contributed by atoms with E-state index in [0.29, 0.717) is 37.1 Å². The number of hydrogen-bond acceptors (Lipinski definition) is 9. The predicted molar refractivity (Wildman–Crippen MR) is 231 cm³/mol. The molecule has 0 radical (unpaired) electrons. The lowest BCUT2D eigenvalue weighted by Gasteiger charge is -2.38. The van der Waals surface area contributed by atoms with Crippen LogP contribution < -0.4 is 14.4 Å². The average Bonchev–Trinajstić information content (AvgIpc) is 3.84. The highest BCUT2D eigenvalue weighted by Gasteiger charge is 2.49. The SMILES string of the molecule is COc1c(F)c(-c2cc(O)cc3ccc(F)c(C#C[Si](C(C)C)(C(C)C)C(C)C)c23)c(F)c2nc(OC[C@@]34CCCN3C[C@H](F)C4)nc(N3CCCn4nc(CO)cc4C3)c12. The van der Waals surface area contributed by atoms with Crippen molar-refractivity contribution in [1.29, 1.82) is 0 Å². The molecule has 2 atom stereocenters. The molecule has 3 aliphatic rings. The number of aliphatic hydroxyl groups is 1. The van der Waals surface area contributed by atoms with Gasteiger partial charge in [0, 0.05) is 37.0 Å². The molecule has 2 N–H and O–H groups in total. The summed E-state index contributed by atoms with van der Waals surface area (Å²) in [6.45, 7) is 14.9. The van der Waals surface area contributed by atoms with Gasteiger partial charge in [-0.2, -0.15) is 15.1 Å². The molecule has 324 valence electrons. The van der Waals surface area contributed by atoms with Gasteiger partial charge >= 0.3 is 6.01 Å². The summed E-state index contributed by atoms with van der Waals surface area (Å²) < 4.78 is 80.4. The van der Waals surface area contributed by atoms with E-state index in [1.807, 2.05) is 4.90 Å². The number of aromatic hydroxyl groups is 1. The highest BCUT2D eigenvalue weighted by Crippen LogP contribution is 2.48. The van der Waals surface area contributed by atoms with Gasteiger partial charge in [-0.05, 0) is 72.1 Å². The first-order chi connectivity index (χ1) is 29.1. The molecule has 0 bridgehead atoms. The van der Waals surface area contributed by atoms with E-state index >= 15 is 13.2 Å². The number of aliphatic hydroxyl groups excluding tert-OH is 1. The van der Waals surface area contributed by atoms with Crippen molar-refractivity contribution in [3.05, 3.63) is 64.7 Å². The number of methoxy groups -OCH3 is 1. The van der Waals surface area contributed by atoms with Crippen LogP contribution in [0, 0.1) is 28.9 Å². The summed E-state index contributed by atoms with van der Waals surface area (Å²) in [5.74, 6) is -0.163. The smallest absolute Gasteiger partial charge is 0.319 e. The van der Waals surface area contributed by atoms with Crippen LogP contribution in [-0.4, -0.2) is 88.0 Å². The lowest BCUT2D eigenvalue weighted by molar-refractivity contribution is 0.107. The Bertz CT molecular complexity index is 2550. The van der Waals surface area contributed by atoms with Crippen LogP contribution in [0.25, 0.3) is 32.8 Å². The van der Waals surface area contributed by atoms with E-state index in [2.05, 4.69) is 68.0 Å². The molecule has 15 heteroatoms. The Morgan fingerprint density at radius 1 is 0.951 bits per heavy atom. The summed E-state index contributed by atoms with van der Waals surface area (Å²) >= 11 is 0. The van der Waals surface area contributed by atoms with Crippen LogP contribution in [0.3, 0.4) is 0 Å². The van der Waals surface area contributed by atoms with Gasteiger partial charge in [-0.1, -0.05) is 53.5 Å². The van der Waals surface area contributed by atoms with E-state index in [-0.39, 0.29) is 93.5 Å². The number of anilines is 1. The lowest BCUT2D eigenvalue weighted by Crippen LogP contribution is -2.43. The number of rotatable bonds is 10. The molecule has 0 aliphatic carbocycles. The second kappa shape index (κ2) is 16.4. The van der Waals surface area contributed by atoms with Crippen molar-refractivity contribution in [3.8, 4) is 40.1 Å². The normalized spacial score (nSPS) is 19.5.